The molecule has 19 heavy (non-hydrogen) atoms. The van der Waals surface area contributed by atoms with Crippen LogP contribution in [0, 0.1) is 5.92 Å². The third kappa shape index (κ3) is 3.47. The van der Waals surface area contributed by atoms with Gasteiger partial charge in [-0.3, -0.25) is 4.79 Å². The summed E-state index contributed by atoms with van der Waals surface area (Å²) in [6.45, 7) is 8.23. The van der Waals surface area contributed by atoms with Gasteiger partial charge in [0.1, 0.15) is 5.15 Å². The van der Waals surface area contributed by atoms with Crippen LogP contribution >= 0.6 is 11.6 Å². The van der Waals surface area contributed by atoms with Crippen molar-refractivity contribution in [2.45, 2.75) is 52.0 Å². The molecule has 1 saturated carbocycles. The largest absolute Gasteiger partial charge is 0.347 e. The lowest BCUT2D eigenvalue weighted by atomic mass is 9.98. The van der Waals surface area contributed by atoms with Gasteiger partial charge in [-0.25, -0.2) is 4.98 Å². The van der Waals surface area contributed by atoms with Crippen molar-refractivity contribution in [3.63, 3.8) is 0 Å². The van der Waals surface area contributed by atoms with Gasteiger partial charge in [-0.15, -0.1) is 0 Å². The van der Waals surface area contributed by atoms with E-state index in [1.165, 1.54) is 12.8 Å². The van der Waals surface area contributed by atoms with E-state index < -0.39 is 0 Å². The first-order chi connectivity index (χ1) is 8.79. The molecule has 0 bridgehead atoms. The van der Waals surface area contributed by atoms with E-state index in [9.17, 15) is 4.79 Å². The second-order valence-electron chi connectivity index (χ2n) is 6.21. The SMILES string of the molecule is CC(C)c1cc(C(=O)NC(C)(C)C2CC2)cc(Cl)n1. The van der Waals surface area contributed by atoms with E-state index in [0.717, 1.165) is 5.69 Å². The number of rotatable bonds is 4. The van der Waals surface area contributed by atoms with Gasteiger partial charge in [0.2, 0.25) is 0 Å². The molecule has 1 aromatic rings. The molecule has 3 nitrogen and oxygen atoms in total. The molecule has 0 aromatic carbocycles. The molecule has 104 valence electrons. The summed E-state index contributed by atoms with van der Waals surface area (Å²) < 4.78 is 0. The maximum absolute atomic E-state index is 12.3. The number of aromatic nitrogens is 1. The molecule has 4 heteroatoms. The van der Waals surface area contributed by atoms with Crippen LogP contribution in [0.4, 0.5) is 0 Å². The van der Waals surface area contributed by atoms with Gasteiger partial charge < -0.3 is 5.32 Å². The standard InChI is InChI=1S/C15H21ClN2O/c1-9(2)12-7-10(8-13(16)17-12)14(19)18-15(3,4)11-5-6-11/h7-9,11H,5-6H2,1-4H3,(H,18,19). The molecule has 1 fully saturated rings. The van der Waals surface area contributed by atoms with Crippen LogP contribution in [-0.4, -0.2) is 16.4 Å². The number of carbonyl (C=O) groups excluding carboxylic acids is 1. The zero-order chi connectivity index (χ0) is 14.2. The average molecular weight is 281 g/mol. The van der Waals surface area contributed by atoms with Crippen molar-refractivity contribution in [1.82, 2.24) is 10.3 Å². The van der Waals surface area contributed by atoms with Gasteiger partial charge in [0, 0.05) is 16.8 Å². The molecule has 0 saturated heterocycles. The van der Waals surface area contributed by atoms with E-state index in [-0.39, 0.29) is 17.4 Å². The van der Waals surface area contributed by atoms with Gasteiger partial charge in [-0.2, -0.15) is 0 Å². The summed E-state index contributed by atoms with van der Waals surface area (Å²) in [5.74, 6) is 0.781. The summed E-state index contributed by atoms with van der Waals surface area (Å²) in [7, 11) is 0. The Hall–Kier alpha value is -1.09. The van der Waals surface area contributed by atoms with Crippen molar-refractivity contribution in [2.24, 2.45) is 5.92 Å². The third-order valence-electron chi connectivity index (χ3n) is 3.70. The molecule has 1 heterocycles. The highest BCUT2D eigenvalue weighted by molar-refractivity contribution is 6.29. The van der Waals surface area contributed by atoms with Crippen LogP contribution in [0.2, 0.25) is 5.15 Å². The Kier molecular flexibility index (Phi) is 3.86. The Morgan fingerprint density at radius 2 is 2.05 bits per heavy atom. The molecule has 1 aliphatic carbocycles. The maximum atomic E-state index is 12.3. The van der Waals surface area contributed by atoms with Crippen molar-refractivity contribution in [3.05, 3.63) is 28.5 Å². The van der Waals surface area contributed by atoms with Crippen LogP contribution in [0.5, 0.6) is 0 Å². The number of amides is 1. The van der Waals surface area contributed by atoms with Crippen LogP contribution < -0.4 is 5.32 Å². The molecular formula is C15H21ClN2O. The van der Waals surface area contributed by atoms with Crippen molar-refractivity contribution in [1.29, 1.82) is 0 Å². The Labute approximate surface area is 119 Å². The molecule has 0 aliphatic heterocycles. The number of nitrogens with zero attached hydrogens (tertiary/aromatic N) is 1. The van der Waals surface area contributed by atoms with Crippen LogP contribution in [0.15, 0.2) is 12.1 Å². The lowest BCUT2D eigenvalue weighted by molar-refractivity contribution is 0.0903. The molecule has 0 unspecified atom stereocenters. The van der Waals surface area contributed by atoms with E-state index in [2.05, 4.69) is 24.1 Å². The van der Waals surface area contributed by atoms with Gasteiger partial charge >= 0.3 is 0 Å². The van der Waals surface area contributed by atoms with Crippen molar-refractivity contribution >= 4 is 17.5 Å². The number of carbonyl (C=O) groups is 1. The van der Waals surface area contributed by atoms with Gasteiger partial charge in [-0.1, -0.05) is 25.4 Å². The first kappa shape index (κ1) is 14.3. The molecule has 1 aliphatic rings. The lowest BCUT2D eigenvalue weighted by Crippen LogP contribution is -2.45. The summed E-state index contributed by atoms with van der Waals surface area (Å²) in [6, 6.07) is 3.46. The monoisotopic (exact) mass is 280 g/mol. The molecule has 0 radical (unpaired) electrons. The summed E-state index contributed by atoms with van der Waals surface area (Å²) >= 11 is 5.99. The summed E-state index contributed by atoms with van der Waals surface area (Å²) in [5, 5.41) is 3.48. The fourth-order valence-electron chi connectivity index (χ4n) is 2.22. The predicted octanol–water partition coefficient (Wildman–Crippen LogP) is 3.78. The Morgan fingerprint density at radius 3 is 2.58 bits per heavy atom. The number of hydrogen-bond acceptors (Lipinski definition) is 2. The topological polar surface area (TPSA) is 42.0 Å². The molecule has 1 amide bonds. The Balaban J connectivity index is 2.18. The molecule has 2 rings (SSSR count). The normalized spacial score (nSPS) is 15.7. The summed E-state index contributed by atoms with van der Waals surface area (Å²) in [6.07, 6.45) is 2.39. The molecule has 0 atom stereocenters. The highest BCUT2D eigenvalue weighted by Gasteiger charge is 2.38. The highest BCUT2D eigenvalue weighted by atomic mass is 35.5. The lowest BCUT2D eigenvalue weighted by Gasteiger charge is -2.26. The first-order valence-corrected chi connectivity index (χ1v) is 7.17. The molecular weight excluding hydrogens is 260 g/mol. The van der Waals surface area contributed by atoms with E-state index in [1.54, 1.807) is 6.07 Å². The second kappa shape index (κ2) is 5.12. The van der Waals surface area contributed by atoms with Gasteiger partial charge in [0.15, 0.2) is 0 Å². The number of nitrogens with one attached hydrogen (secondary N) is 1. The fraction of sp³-hybridized carbons (Fsp3) is 0.600. The van der Waals surface area contributed by atoms with E-state index in [0.29, 0.717) is 16.6 Å². The van der Waals surface area contributed by atoms with Crippen LogP contribution in [0.25, 0.3) is 0 Å². The first-order valence-electron chi connectivity index (χ1n) is 6.79. The minimum Gasteiger partial charge on any atom is -0.347 e. The third-order valence-corrected chi connectivity index (χ3v) is 3.89. The fourth-order valence-corrected chi connectivity index (χ4v) is 2.43. The second-order valence-corrected chi connectivity index (χ2v) is 6.60. The zero-order valence-corrected chi connectivity index (χ0v) is 12.7. The van der Waals surface area contributed by atoms with Crippen molar-refractivity contribution in [3.8, 4) is 0 Å². The Morgan fingerprint density at radius 1 is 1.42 bits per heavy atom. The van der Waals surface area contributed by atoms with Crippen LogP contribution in [0.1, 0.15) is 62.5 Å². The summed E-state index contributed by atoms with van der Waals surface area (Å²) in [5.41, 5.74) is 1.30. The number of halogens is 1. The smallest absolute Gasteiger partial charge is 0.251 e. The van der Waals surface area contributed by atoms with Crippen molar-refractivity contribution in [2.75, 3.05) is 0 Å². The molecule has 1 N–H and O–H groups in total. The molecule has 0 spiro atoms. The number of pyridine rings is 1. The van der Waals surface area contributed by atoms with E-state index >= 15 is 0 Å². The Bertz CT molecular complexity index is 493. The highest BCUT2D eigenvalue weighted by Crippen LogP contribution is 2.39. The maximum Gasteiger partial charge on any atom is 0.251 e. The van der Waals surface area contributed by atoms with E-state index in [1.807, 2.05) is 19.9 Å². The minimum atomic E-state index is -0.148. The molecule has 1 aromatic heterocycles. The van der Waals surface area contributed by atoms with Crippen molar-refractivity contribution < 1.29 is 4.79 Å². The van der Waals surface area contributed by atoms with Gasteiger partial charge in [0.25, 0.3) is 5.91 Å². The van der Waals surface area contributed by atoms with E-state index in [4.69, 9.17) is 11.6 Å². The van der Waals surface area contributed by atoms with Crippen LogP contribution in [-0.2, 0) is 0 Å². The summed E-state index contributed by atoms with van der Waals surface area (Å²) in [4.78, 5) is 16.6. The quantitative estimate of drug-likeness (QED) is 0.853. The zero-order valence-electron chi connectivity index (χ0n) is 12.0. The van der Waals surface area contributed by atoms with Gasteiger partial charge in [-0.05, 0) is 50.7 Å². The van der Waals surface area contributed by atoms with Gasteiger partial charge in [0.05, 0.1) is 0 Å². The van der Waals surface area contributed by atoms with Crippen LogP contribution in [0.3, 0.4) is 0 Å². The average Bonchev–Trinajstić information content (AvgIpc) is 3.11. The predicted molar refractivity (Wildman–Crippen MR) is 77.6 cm³/mol. The number of hydrogen-bond donors (Lipinski definition) is 1. The minimum absolute atomic E-state index is 0.0666.